The number of nitrogens with one attached hydrogen (secondary N) is 1. The Morgan fingerprint density at radius 2 is 2.10 bits per heavy atom. The van der Waals surface area contributed by atoms with Gasteiger partial charge >= 0.3 is 0 Å². The van der Waals surface area contributed by atoms with Crippen molar-refractivity contribution in [3.8, 4) is 0 Å². The highest BCUT2D eigenvalue weighted by atomic mass is 35.5. The predicted molar refractivity (Wildman–Crippen MR) is 83.4 cm³/mol. The van der Waals surface area contributed by atoms with E-state index in [-0.39, 0.29) is 5.91 Å². The van der Waals surface area contributed by atoms with Crippen LogP contribution >= 0.6 is 11.6 Å². The summed E-state index contributed by atoms with van der Waals surface area (Å²) in [6, 6.07) is 5.64. The van der Waals surface area contributed by atoms with Gasteiger partial charge in [-0.05, 0) is 63.4 Å². The van der Waals surface area contributed by atoms with Gasteiger partial charge in [0.15, 0.2) is 0 Å². The lowest BCUT2D eigenvalue weighted by Gasteiger charge is -2.32. The minimum absolute atomic E-state index is 0.0714. The molecule has 0 aliphatic carbocycles. The Kier molecular flexibility index (Phi) is 5.44. The lowest BCUT2D eigenvalue weighted by Crippen LogP contribution is -2.39. The molecule has 1 aromatic carbocycles. The Balaban J connectivity index is 1.94. The number of hydrogen-bond acceptors (Lipinski definition) is 2. The number of likely N-dealkylation sites (tertiary alicyclic amines) is 1. The topological polar surface area (TPSA) is 32.3 Å². The molecule has 1 aliphatic heterocycles. The first-order valence-electron chi connectivity index (χ1n) is 7.32. The van der Waals surface area contributed by atoms with E-state index in [1.807, 2.05) is 37.1 Å². The van der Waals surface area contributed by atoms with E-state index in [9.17, 15) is 4.79 Å². The van der Waals surface area contributed by atoms with Crippen LogP contribution in [0.4, 0.5) is 0 Å². The molecular weight excluding hydrogens is 272 g/mol. The molecule has 1 N–H and O–H groups in total. The smallest absolute Gasteiger partial charge is 0.255 e. The third-order valence-electron chi connectivity index (χ3n) is 4.06. The Morgan fingerprint density at radius 3 is 2.70 bits per heavy atom. The molecule has 3 nitrogen and oxygen atoms in total. The summed E-state index contributed by atoms with van der Waals surface area (Å²) in [6.07, 6.45) is 3.39. The number of amides is 1. The van der Waals surface area contributed by atoms with Gasteiger partial charge in [-0.15, -0.1) is 0 Å². The van der Waals surface area contributed by atoms with Crippen molar-refractivity contribution in [3.05, 3.63) is 34.3 Å². The Morgan fingerprint density at radius 1 is 1.40 bits per heavy atom. The SMILES string of the molecule is CNCCC1CCN(C(=O)c2ccc(C)cc2Cl)CC1. The molecule has 1 aliphatic rings. The fraction of sp³-hybridized carbons (Fsp3) is 0.562. The van der Waals surface area contributed by atoms with Gasteiger partial charge < -0.3 is 10.2 Å². The van der Waals surface area contributed by atoms with Gasteiger partial charge in [0.1, 0.15) is 0 Å². The molecule has 1 saturated heterocycles. The van der Waals surface area contributed by atoms with Crippen molar-refractivity contribution in [2.24, 2.45) is 5.92 Å². The largest absolute Gasteiger partial charge is 0.339 e. The van der Waals surface area contributed by atoms with Gasteiger partial charge in [0, 0.05) is 13.1 Å². The van der Waals surface area contributed by atoms with Crippen molar-refractivity contribution in [1.82, 2.24) is 10.2 Å². The second-order valence-electron chi connectivity index (χ2n) is 5.61. The summed E-state index contributed by atoms with van der Waals surface area (Å²) in [7, 11) is 1.98. The molecule has 0 atom stereocenters. The van der Waals surface area contributed by atoms with Crippen LogP contribution < -0.4 is 5.32 Å². The number of hydrogen-bond donors (Lipinski definition) is 1. The molecule has 1 fully saturated rings. The number of piperidine rings is 1. The Bertz CT molecular complexity index is 468. The molecule has 2 rings (SSSR count). The van der Waals surface area contributed by atoms with Gasteiger partial charge in [-0.2, -0.15) is 0 Å². The summed E-state index contributed by atoms with van der Waals surface area (Å²) in [5.41, 5.74) is 1.71. The molecule has 110 valence electrons. The fourth-order valence-electron chi connectivity index (χ4n) is 2.74. The highest BCUT2D eigenvalue weighted by Gasteiger charge is 2.24. The standard InChI is InChI=1S/C16H23ClN2O/c1-12-3-4-14(15(17)11-12)16(20)19-9-6-13(7-10-19)5-8-18-2/h3-4,11,13,18H,5-10H2,1-2H3. The van der Waals surface area contributed by atoms with Crippen LogP contribution in [0, 0.1) is 12.8 Å². The van der Waals surface area contributed by atoms with Crippen molar-refractivity contribution in [2.75, 3.05) is 26.7 Å². The molecule has 0 bridgehead atoms. The molecule has 1 amide bonds. The van der Waals surface area contributed by atoms with E-state index in [1.165, 1.54) is 6.42 Å². The zero-order valence-corrected chi connectivity index (χ0v) is 13.0. The molecule has 1 aromatic rings. The van der Waals surface area contributed by atoms with E-state index in [0.717, 1.165) is 44.0 Å². The van der Waals surface area contributed by atoms with Gasteiger partial charge in [-0.1, -0.05) is 17.7 Å². The Labute approximate surface area is 126 Å². The maximum atomic E-state index is 12.5. The third kappa shape index (κ3) is 3.74. The summed E-state index contributed by atoms with van der Waals surface area (Å²) in [4.78, 5) is 14.4. The zero-order chi connectivity index (χ0) is 14.5. The molecule has 1 heterocycles. The minimum Gasteiger partial charge on any atom is -0.339 e. The number of benzene rings is 1. The Hall–Kier alpha value is -1.06. The average molecular weight is 295 g/mol. The predicted octanol–water partition coefficient (Wildman–Crippen LogP) is 3.11. The van der Waals surface area contributed by atoms with Crippen LogP contribution in [0.5, 0.6) is 0 Å². The monoisotopic (exact) mass is 294 g/mol. The van der Waals surface area contributed by atoms with Crippen LogP contribution in [-0.4, -0.2) is 37.5 Å². The quantitative estimate of drug-likeness (QED) is 0.925. The van der Waals surface area contributed by atoms with Gasteiger partial charge in [0.2, 0.25) is 0 Å². The van der Waals surface area contributed by atoms with Crippen molar-refractivity contribution >= 4 is 17.5 Å². The average Bonchev–Trinajstić information content (AvgIpc) is 2.45. The zero-order valence-electron chi connectivity index (χ0n) is 12.3. The number of carbonyl (C=O) groups excluding carboxylic acids is 1. The summed E-state index contributed by atoms with van der Waals surface area (Å²) in [5, 5.41) is 3.75. The number of carbonyl (C=O) groups is 1. The highest BCUT2D eigenvalue weighted by Crippen LogP contribution is 2.24. The molecule has 20 heavy (non-hydrogen) atoms. The van der Waals surface area contributed by atoms with Crippen molar-refractivity contribution in [3.63, 3.8) is 0 Å². The normalized spacial score (nSPS) is 16.4. The molecule has 0 aromatic heterocycles. The number of aryl methyl sites for hydroxylation is 1. The molecule has 0 spiro atoms. The number of nitrogens with zero attached hydrogens (tertiary/aromatic N) is 1. The molecule has 0 radical (unpaired) electrons. The van der Waals surface area contributed by atoms with E-state index < -0.39 is 0 Å². The van der Waals surface area contributed by atoms with Crippen molar-refractivity contribution < 1.29 is 4.79 Å². The van der Waals surface area contributed by atoms with Crippen LogP contribution in [0.2, 0.25) is 5.02 Å². The van der Waals surface area contributed by atoms with E-state index in [4.69, 9.17) is 11.6 Å². The van der Waals surface area contributed by atoms with Crippen LogP contribution in [0.3, 0.4) is 0 Å². The van der Waals surface area contributed by atoms with Crippen LogP contribution in [0.15, 0.2) is 18.2 Å². The summed E-state index contributed by atoms with van der Waals surface area (Å²) < 4.78 is 0. The first kappa shape index (κ1) is 15.3. The van der Waals surface area contributed by atoms with Gasteiger partial charge in [0.05, 0.1) is 10.6 Å². The van der Waals surface area contributed by atoms with E-state index >= 15 is 0 Å². The van der Waals surface area contributed by atoms with E-state index in [0.29, 0.717) is 10.6 Å². The second kappa shape index (κ2) is 7.09. The van der Waals surface area contributed by atoms with Crippen molar-refractivity contribution in [1.29, 1.82) is 0 Å². The maximum absolute atomic E-state index is 12.5. The number of rotatable bonds is 4. The van der Waals surface area contributed by atoms with Crippen molar-refractivity contribution in [2.45, 2.75) is 26.2 Å². The minimum atomic E-state index is 0.0714. The molecule has 0 unspecified atom stereocenters. The first-order chi connectivity index (χ1) is 9.61. The summed E-state index contributed by atoms with van der Waals surface area (Å²) in [5.74, 6) is 0.807. The molecular formula is C16H23ClN2O. The lowest BCUT2D eigenvalue weighted by molar-refractivity contribution is 0.0687. The van der Waals surface area contributed by atoms with Crippen LogP contribution in [0.1, 0.15) is 35.2 Å². The van der Waals surface area contributed by atoms with Gasteiger partial charge in [-0.25, -0.2) is 0 Å². The summed E-state index contributed by atoms with van der Waals surface area (Å²) in [6.45, 7) is 4.73. The lowest BCUT2D eigenvalue weighted by atomic mass is 9.93. The van der Waals surface area contributed by atoms with E-state index in [1.54, 1.807) is 0 Å². The van der Waals surface area contributed by atoms with Gasteiger partial charge in [0.25, 0.3) is 5.91 Å². The molecule has 4 heteroatoms. The fourth-order valence-corrected chi connectivity index (χ4v) is 3.05. The first-order valence-corrected chi connectivity index (χ1v) is 7.69. The van der Waals surface area contributed by atoms with E-state index in [2.05, 4.69) is 5.32 Å². The van der Waals surface area contributed by atoms with Crippen LogP contribution in [0.25, 0.3) is 0 Å². The summed E-state index contributed by atoms with van der Waals surface area (Å²) >= 11 is 6.19. The van der Waals surface area contributed by atoms with Crippen LogP contribution in [-0.2, 0) is 0 Å². The highest BCUT2D eigenvalue weighted by molar-refractivity contribution is 6.33. The second-order valence-corrected chi connectivity index (χ2v) is 6.02. The third-order valence-corrected chi connectivity index (χ3v) is 4.37. The van der Waals surface area contributed by atoms with Gasteiger partial charge in [-0.3, -0.25) is 4.79 Å². The maximum Gasteiger partial charge on any atom is 0.255 e. The number of halogens is 1. The molecule has 0 saturated carbocycles.